The van der Waals surface area contributed by atoms with Crippen molar-refractivity contribution >= 4 is 29.0 Å². The largest absolute Gasteiger partial charge is 0.369 e. The first-order chi connectivity index (χ1) is 15.2. The van der Waals surface area contributed by atoms with Gasteiger partial charge in [-0.05, 0) is 48.7 Å². The van der Waals surface area contributed by atoms with E-state index < -0.39 is 0 Å². The summed E-state index contributed by atoms with van der Waals surface area (Å²) in [6, 6.07) is 21.1. The molecule has 4 aromatic rings. The van der Waals surface area contributed by atoms with Gasteiger partial charge in [0, 0.05) is 30.1 Å². The van der Waals surface area contributed by atoms with Crippen LogP contribution in [0.5, 0.6) is 0 Å². The van der Waals surface area contributed by atoms with E-state index in [2.05, 4.69) is 50.2 Å². The van der Waals surface area contributed by atoms with Crippen molar-refractivity contribution in [3.05, 3.63) is 88.7 Å². The molecule has 0 atom stereocenters. The van der Waals surface area contributed by atoms with E-state index in [-0.39, 0.29) is 5.91 Å². The topological polar surface area (TPSA) is 84.2 Å². The fourth-order valence-corrected chi connectivity index (χ4v) is 3.45. The van der Waals surface area contributed by atoms with Crippen molar-refractivity contribution < 1.29 is 4.79 Å². The van der Waals surface area contributed by atoms with Gasteiger partial charge >= 0.3 is 0 Å². The quantitative estimate of drug-likeness (QED) is 0.391. The number of nitrogens with zero attached hydrogens (tertiary/aromatic N) is 4. The summed E-state index contributed by atoms with van der Waals surface area (Å²) in [6.07, 6.45) is 2.53. The van der Waals surface area contributed by atoms with Crippen LogP contribution in [0.15, 0.2) is 66.7 Å². The van der Waals surface area contributed by atoms with Crippen LogP contribution in [0.2, 0.25) is 5.02 Å². The van der Waals surface area contributed by atoms with Crippen LogP contribution < -0.4 is 10.6 Å². The number of anilines is 1. The van der Waals surface area contributed by atoms with Crippen molar-refractivity contribution in [3.63, 3.8) is 0 Å². The van der Waals surface area contributed by atoms with Gasteiger partial charge in [0.05, 0.1) is 0 Å². The molecule has 2 N–H and O–H groups in total. The normalized spacial score (nSPS) is 10.9. The molecule has 0 spiro atoms. The first-order valence-corrected chi connectivity index (χ1v) is 10.6. The van der Waals surface area contributed by atoms with Crippen LogP contribution in [-0.2, 0) is 12.8 Å². The molecule has 2 aromatic carbocycles. The summed E-state index contributed by atoms with van der Waals surface area (Å²) in [5.41, 5.74) is 2.53. The molecule has 0 aliphatic heterocycles. The molecule has 0 radical (unpaired) electrons. The Morgan fingerprint density at radius 2 is 1.81 bits per heavy atom. The van der Waals surface area contributed by atoms with E-state index in [4.69, 9.17) is 11.6 Å². The van der Waals surface area contributed by atoms with E-state index in [9.17, 15) is 4.79 Å². The van der Waals surface area contributed by atoms with E-state index in [1.807, 2.05) is 18.2 Å². The maximum atomic E-state index is 12.3. The highest BCUT2D eigenvalue weighted by atomic mass is 35.5. The van der Waals surface area contributed by atoms with E-state index in [1.165, 1.54) is 5.56 Å². The molecular weight excluding hydrogens is 412 g/mol. The highest BCUT2D eigenvalue weighted by molar-refractivity contribution is 6.30. The van der Waals surface area contributed by atoms with E-state index in [0.29, 0.717) is 35.0 Å². The molecule has 0 unspecified atom stereocenters. The van der Waals surface area contributed by atoms with Gasteiger partial charge in [-0.25, -0.2) is 0 Å². The molecule has 7 nitrogen and oxygen atoms in total. The van der Waals surface area contributed by atoms with Crippen LogP contribution in [0.4, 0.5) is 5.82 Å². The number of hydrogen-bond donors (Lipinski definition) is 2. The highest BCUT2D eigenvalue weighted by Crippen LogP contribution is 2.11. The molecule has 0 bridgehead atoms. The third-order valence-electron chi connectivity index (χ3n) is 4.84. The molecule has 0 saturated carbocycles. The van der Waals surface area contributed by atoms with Crippen molar-refractivity contribution in [1.29, 1.82) is 0 Å². The number of amides is 1. The Balaban J connectivity index is 1.31. The molecular formula is C23H23ClN6O. The Labute approximate surface area is 185 Å². The zero-order valence-corrected chi connectivity index (χ0v) is 17.7. The number of carbonyl (C=O) groups is 1. The summed E-state index contributed by atoms with van der Waals surface area (Å²) >= 11 is 5.95. The average molecular weight is 435 g/mol. The average Bonchev–Trinajstić information content (AvgIpc) is 3.19. The van der Waals surface area contributed by atoms with Gasteiger partial charge in [-0.2, -0.15) is 4.52 Å². The molecule has 8 heteroatoms. The van der Waals surface area contributed by atoms with E-state index >= 15 is 0 Å². The minimum Gasteiger partial charge on any atom is -0.369 e. The minimum absolute atomic E-state index is 0.176. The van der Waals surface area contributed by atoms with Gasteiger partial charge in [-0.1, -0.05) is 48.0 Å². The fraction of sp³-hybridized carbons (Fsp3) is 0.217. The van der Waals surface area contributed by atoms with Crippen molar-refractivity contribution in [2.45, 2.75) is 19.3 Å². The second-order valence-electron chi connectivity index (χ2n) is 7.14. The number of carbonyl (C=O) groups excluding carboxylic acids is 1. The summed E-state index contributed by atoms with van der Waals surface area (Å²) in [4.78, 5) is 12.3. The smallest absolute Gasteiger partial charge is 0.251 e. The number of aryl methyl sites for hydroxylation is 1. The molecule has 0 saturated heterocycles. The van der Waals surface area contributed by atoms with Gasteiger partial charge in [0.15, 0.2) is 11.5 Å². The maximum absolute atomic E-state index is 12.3. The first-order valence-electron chi connectivity index (χ1n) is 10.2. The lowest BCUT2D eigenvalue weighted by Crippen LogP contribution is -2.26. The molecule has 0 fully saturated rings. The summed E-state index contributed by atoms with van der Waals surface area (Å²) in [5, 5.41) is 19.7. The van der Waals surface area contributed by atoms with Crippen molar-refractivity contribution in [3.8, 4) is 0 Å². The Morgan fingerprint density at radius 3 is 2.65 bits per heavy atom. The zero-order valence-electron chi connectivity index (χ0n) is 17.0. The van der Waals surface area contributed by atoms with Crippen LogP contribution in [0.3, 0.4) is 0 Å². The van der Waals surface area contributed by atoms with E-state index in [0.717, 1.165) is 25.2 Å². The zero-order chi connectivity index (χ0) is 21.5. The predicted octanol–water partition coefficient (Wildman–Crippen LogP) is 3.79. The second kappa shape index (κ2) is 10.0. The number of hydrogen-bond acceptors (Lipinski definition) is 5. The summed E-state index contributed by atoms with van der Waals surface area (Å²) in [6.45, 7) is 1.24. The fourth-order valence-electron chi connectivity index (χ4n) is 3.26. The summed E-state index contributed by atoms with van der Waals surface area (Å²) in [7, 11) is 0. The van der Waals surface area contributed by atoms with Gasteiger partial charge in [-0.3, -0.25) is 4.79 Å². The Bertz CT molecular complexity index is 1160. The predicted molar refractivity (Wildman–Crippen MR) is 122 cm³/mol. The number of rotatable bonds is 9. The maximum Gasteiger partial charge on any atom is 0.251 e. The lowest BCUT2D eigenvalue weighted by Gasteiger charge is -2.07. The van der Waals surface area contributed by atoms with Crippen LogP contribution in [0.25, 0.3) is 5.65 Å². The highest BCUT2D eigenvalue weighted by Gasteiger charge is 2.10. The van der Waals surface area contributed by atoms with E-state index in [1.54, 1.807) is 28.8 Å². The van der Waals surface area contributed by atoms with Crippen LogP contribution >= 0.6 is 11.6 Å². The standard InChI is InChI=1S/C23H23ClN6O/c24-19-10-4-9-18(16-19)23(31)26-15-13-22-28-27-21-12-11-20(29-30(21)22)25-14-5-8-17-6-2-1-3-7-17/h1-4,6-7,9-12,16H,5,8,13-15H2,(H,25,29)(H,26,31). The monoisotopic (exact) mass is 434 g/mol. The molecule has 4 rings (SSSR count). The molecule has 0 aliphatic carbocycles. The third-order valence-corrected chi connectivity index (χ3v) is 5.07. The number of fused-ring (bicyclic) bond motifs is 1. The molecule has 1 amide bonds. The van der Waals surface area contributed by atoms with Gasteiger partial charge in [0.25, 0.3) is 5.91 Å². The SMILES string of the molecule is O=C(NCCc1nnc2ccc(NCCCc3ccccc3)nn12)c1cccc(Cl)c1. The molecule has 2 heterocycles. The van der Waals surface area contributed by atoms with Crippen molar-refractivity contribution in [2.75, 3.05) is 18.4 Å². The summed E-state index contributed by atoms with van der Waals surface area (Å²) < 4.78 is 1.71. The molecule has 31 heavy (non-hydrogen) atoms. The summed E-state index contributed by atoms with van der Waals surface area (Å²) in [5.74, 6) is 1.28. The van der Waals surface area contributed by atoms with Gasteiger partial charge in [0.2, 0.25) is 0 Å². The minimum atomic E-state index is -0.176. The van der Waals surface area contributed by atoms with Gasteiger partial charge < -0.3 is 10.6 Å². The molecule has 158 valence electrons. The number of nitrogens with one attached hydrogen (secondary N) is 2. The third kappa shape index (κ3) is 5.58. The van der Waals surface area contributed by atoms with Crippen LogP contribution in [0, 0.1) is 0 Å². The van der Waals surface area contributed by atoms with Crippen LogP contribution in [0.1, 0.15) is 28.2 Å². The second-order valence-corrected chi connectivity index (χ2v) is 7.57. The Hall–Kier alpha value is -3.45. The molecule has 0 aliphatic rings. The van der Waals surface area contributed by atoms with Crippen molar-refractivity contribution in [1.82, 2.24) is 25.1 Å². The first kappa shape index (κ1) is 20.8. The number of halogens is 1. The van der Waals surface area contributed by atoms with Gasteiger partial charge in [-0.15, -0.1) is 15.3 Å². The van der Waals surface area contributed by atoms with Crippen molar-refractivity contribution in [2.24, 2.45) is 0 Å². The van der Waals surface area contributed by atoms with Crippen LogP contribution in [-0.4, -0.2) is 38.8 Å². The molecule has 2 aromatic heterocycles. The lowest BCUT2D eigenvalue weighted by molar-refractivity contribution is 0.0954. The number of benzene rings is 2. The Kier molecular flexibility index (Phi) is 6.74. The lowest BCUT2D eigenvalue weighted by atomic mass is 10.1. The van der Waals surface area contributed by atoms with Gasteiger partial charge in [0.1, 0.15) is 5.82 Å². The Morgan fingerprint density at radius 1 is 0.935 bits per heavy atom. The number of aromatic nitrogens is 4.